The monoisotopic (exact) mass is 302 g/mol. The fourth-order valence-electron chi connectivity index (χ4n) is 2.44. The van der Waals surface area contributed by atoms with Gasteiger partial charge < -0.3 is 10.5 Å². The van der Waals surface area contributed by atoms with Crippen LogP contribution in [0, 0.1) is 6.92 Å². The number of nitrogens with zero attached hydrogens (tertiary/aromatic N) is 1. The fourth-order valence-corrected chi connectivity index (χ4v) is 3.53. The van der Waals surface area contributed by atoms with Crippen molar-refractivity contribution in [3.05, 3.63) is 45.4 Å². The normalized spacial score (nSPS) is 16.0. The van der Waals surface area contributed by atoms with Crippen molar-refractivity contribution in [3.8, 4) is 5.75 Å². The van der Waals surface area contributed by atoms with Crippen molar-refractivity contribution in [2.45, 2.75) is 45.1 Å². The molecule has 1 atom stereocenters. The summed E-state index contributed by atoms with van der Waals surface area (Å²) in [5.41, 5.74) is 8.50. The summed E-state index contributed by atoms with van der Waals surface area (Å²) in [7, 11) is 0. The predicted molar refractivity (Wildman–Crippen MR) is 87.1 cm³/mol. The van der Waals surface area contributed by atoms with Crippen molar-refractivity contribution in [3.63, 3.8) is 0 Å². The summed E-state index contributed by atoms with van der Waals surface area (Å²) in [6.45, 7) is 4.78. The third-order valence-electron chi connectivity index (χ3n) is 3.77. The van der Waals surface area contributed by atoms with Crippen LogP contribution in [0.4, 0.5) is 0 Å². The molecule has 1 aromatic heterocycles. The Bertz CT molecular complexity index is 598. The molecule has 0 radical (unpaired) electrons. The van der Waals surface area contributed by atoms with Crippen molar-refractivity contribution >= 4 is 11.3 Å². The zero-order chi connectivity index (χ0) is 14.8. The number of ether oxygens (including phenoxy) is 1. The maximum atomic E-state index is 6.07. The van der Waals surface area contributed by atoms with Gasteiger partial charge >= 0.3 is 0 Å². The highest BCUT2D eigenvalue weighted by molar-refractivity contribution is 7.11. The Kier molecular flexibility index (Phi) is 4.27. The Balaban J connectivity index is 1.63. The highest BCUT2D eigenvalue weighted by Crippen LogP contribution is 2.44. The molecule has 1 unspecified atom stereocenters. The molecule has 1 saturated carbocycles. The summed E-state index contributed by atoms with van der Waals surface area (Å²) in [4.78, 5) is 6.07. The maximum Gasteiger partial charge on any atom is 0.122 e. The Hall–Kier alpha value is -1.39. The summed E-state index contributed by atoms with van der Waals surface area (Å²) in [6, 6.07) is 8.20. The molecular weight excluding hydrogens is 280 g/mol. The molecule has 0 bridgehead atoms. The van der Waals surface area contributed by atoms with Crippen LogP contribution < -0.4 is 10.5 Å². The second kappa shape index (κ2) is 6.16. The van der Waals surface area contributed by atoms with E-state index in [0.29, 0.717) is 12.5 Å². The molecule has 1 fully saturated rings. The van der Waals surface area contributed by atoms with E-state index in [4.69, 9.17) is 15.5 Å². The van der Waals surface area contributed by atoms with Gasteiger partial charge in [-0.2, -0.15) is 0 Å². The molecule has 2 aromatic rings. The molecule has 1 aromatic carbocycles. The van der Waals surface area contributed by atoms with Crippen molar-refractivity contribution in [2.24, 2.45) is 5.73 Å². The fraction of sp³-hybridized carbons (Fsp3) is 0.471. The minimum Gasteiger partial charge on any atom is -0.493 e. The highest BCUT2D eigenvalue weighted by Gasteiger charge is 2.30. The molecule has 1 heterocycles. The van der Waals surface area contributed by atoms with Gasteiger partial charge in [-0.15, -0.1) is 11.3 Å². The lowest BCUT2D eigenvalue weighted by molar-refractivity contribution is 0.319. The molecule has 4 heteroatoms. The second-order valence-electron chi connectivity index (χ2n) is 5.78. The lowest BCUT2D eigenvalue weighted by Gasteiger charge is -2.07. The molecule has 0 saturated heterocycles. The van der Waals surface area contributed by atoms with Gasteiger partial charge in [0.2, 0.25) is 0 Å². The number of rotatable bonds is 6. The minimum atomic E-state index is 0.0872. The lowest BCUT2D eigenvalue weighted by Crippen LogP contribution is -2.05. The molecule has 3 rings (SSSR count). The van der Waals surface area contributed by atoms with Crippen LogP contribution in [0.1, 0.15) is 52.9 Å². The first kappa shape index (κ1) is 14.5. The average Bonchev–Trinajstić information content (AvgIpc) is 3.21. The van der Waals surface area contributed by atoms with Crippen molar-refractivity contribution in [1.82, 2.24) is 4.98 Å². The van der Waals surface area contributed by atoms with E-state index < -0.39 is 0 Å². The van der Waals surface area contributed by atoms with Gasteiger partial charge in [0, 0.05) is 23.3 Å². The highest BCUT2D eigenvalue weighted by atomic mass is 32.1. The van der Waals surface area contributed by atoms with Crippen molar-refractivity contribution in [2.75, 3.05) is 6.61 Å². The van der Waals surface area contributed by atoms with Crippen molar-refractivity contribution in [1.29, 1.82) is 0 Å². The molecule has 0 spiro atoms. The molecule has 1 aliphatic carbocycles. The Labute approximate surface area is 130 Å². The van der Waals surface area contributed by atoms with Gasteiger partial charge in [0.05, 0.1) is 17.3 Å². The zero-order valence-electron chi connectivity index (χ0n) is 12.6. The van der Waals surface area contributed by atoms with E-state index in [1.165, 1.54) is 29.0 Å². The Morgan fingerprint density at radius 1 is 1.38 bits per heavy atom. The zero-order valence-corrected chi connectivity index (χ0v) is 13.5. The molecule has 21 heavy (non-hydrogen) atoms. The number of nitrogens with two attached hydrogens (primary N) is 1. The maximum absolute atomic E-state index is 6.07. The van der Waals surface area contributed by atoms with E-state index in [9.17, 15) is 0 Å². The summed E-state index contributed by atoms with van der Waals surface area (Å²) in [6.07, 6.45) is 3.39. The van der Waals surface area contributed by atoms with Gasteiger partial charge in [0.1, 0.15) is 5.75 Å². The predicted octanol–water partition coefficient (Wildman–Crippen LogP) is 3.97. The van der Waals surface area contributed by atoms with Crippen LogP contribution in [-0.2, 0) is 6.42 Å². The molecule has 2 N–H and O–H groups in total. The number of thiazole rings is 1. The standard InChI is InChI=1S/C17H22N2OS/c1-11-5-3-4-6-14(11)20-10-9-15-19-16(13-7-8-13)17(21-15)12(2)18/h3-6,12-13H,7-10,18H2,1-2H3. The van der Waals surface area contributed by atoms with Gasteiger partial charge in [-0.3, -0.25) is 0 Å². The second-order valence-corrected chi connectivity index (χ2v) is 6.90. The summed E-state index contributed by atoms with van der Waals surface area (Å²) in [5, 5.41) is 1.15. The SMILES string of the molecule is Cc1ccccc1OCCc1nc(C2CC2)c(C(C)N)s1. The summed E-state index contributed by atoms with van der Waals surface area (Å²) >= 11 is 1.76. The third kappa shape index (κ3) is 3.44. The number of para-hydroxylation sites is 1. The number of hydrogen-bond acceptors (Lipinski definition) is 4. The molecule has 112 valence electrons. The largest absolute Gasteiger partial charge is 0.493 e. The quantitative estimate of drug-likeness (QED) is 0.878. The lowest BCUT2D eigenvalue weighted by atomic mass is 10.2. The first-order valence-electron chi connectivity index (χ1n) is 7.58. The molecule has 0 amide bonds. The Morgan fingerprint density at radius 2 is 2.14 bits per heavy atom. The van der Waals surface area contributed by atoms with Crippen LogP contribution in [0.15, 0.2) is 24.3 Å². The number of aromatic nitrogens is 1. The van der Waals surface area contributed by atoms with Crippen LogP contribution in [0.3, 0.4) is 0 Å². The van der Waals surface area contributed by atoms with E-state index in [0.717, 1.165) is 17.2 Å². The number of benzene rings is 1. The topological polar surface area (TPSA) is 48.1 Å². The number of aryl methyl sites for hydroxylation is 1. The van der Waals surface area contributed by atoms with Gasteiger partial charge in [-0.1, -0.05) is 18.2 Å². The Morgan fingerprint density at radius 3 is 2.81 bits per heavy atom. The third-order valence-corrected chi connectivity index (χ3v) is 5.10. The van der Waals surface area contributed by atoms with Gasteiger partial charge in [-0.25, -0.2) is 4.98 Å². The first-order valence-corrected chi connectivity index (χ1v) is 8.40. The average molecular weight is 302 g/mol. The van der Waals surface area contributed by atoms with Crippen molar-refractivity contribution < 1.29 is 4.74 Å². The molecular formula is C17H22N2OS. The van der Waals surface area contributed by atoms with E-state index in [2.05, 4.69) is 13.0 Å². The van der Waals surface area contributed by atoms with E-state index in [1.807, 2.05) is 25.1 Å². The van der Waals surface area contributed by atoms with Crippen LogP contribution in [-0.4, -0.2) is 11.6 Å². The first-order chi connectivity index (χ1) is 10.1. The summed E-state index contributed by atoms with van der Waals surface area (Å²) in [5.74, 6) is 1.62. The molecule has 1 aliphatic rings. The number of hydrogen-bond donors (Lipinski definition) is 1. The molecule has 3 nitrogen and oxygen atoms in total. The minimum absolute atomic E-state index is 0.0872. The van der Waals surface area contributed by atoms with Gasteiger partial charge in [0.25, 0.3) is 0 Å². The van der Waals surface area contributed by atoms with Crippen LogP contribution in [0.5, 0.6) is 5.75 Å². The smallest absolute Gasteiger partial charge is 0.122 e. The van der Waals surface area contributed by atoms with Crippen LogP contribution in [0.25, 0.3) is 0 Å². The van der Waals surface area contributed by atoms with Gasteiger partial charge in [0.15, 0.2) is 0 Å². The van der Waals surface area contributed by atoms with Crippen LogP contribution >= 0.6 is 11.3 Å². The van der Waals surface area contributed by atoms with E-state index in [1.54, 1.807) is 11.3 Å². The van der Waals surface area contributed by atoms with E-state index in [-0.39, 0.29) is 6.04 Å². The van der Waals surface area contributed by atoms with E-state index >= 15 is 0 Å². The molecule has 0 aliphatic heterocycles. The van der Waals surface area contributed by atoms with Crippen LogP contribution in [0.2, 0.25) is 0 Å². The summed E-state index contributed by atoms with van der Waals surface area (Å²) < 4.78 is 5.86. The van der Waals surface area contributed by atoms with Gasteiger partial charge in [-0.05, 0) is 38.3 Å².